The lowest BCUT2D eigenvalue weighted by Crippen LogP contribution is -2.64. The van der Waals surface area contributed by atoms with Gasteiger partial charge in [0.1, 0.15) is 0 Å². The Hall–Kier alpha value is 1.34. The summed E-state index contributed by atoms with van der Waals surface area (Å²) < 4.78 is 47.3. The minimum Gasteiger partial charge on any atom is -0.420 e. The van der Waals surface area contributed by atoms with E-state index in [4.69, 9.17) is 32.9 Å². The summed E-state index contributed by atoms with van der Waals surface area (Å²) in [6, 6.07) is 0. The molecular formula is C20H60N2O8Si8. The highest BCUT2D eigenvalue weighted by Crippen LogP contribution is 2.30. The lowest BCUT2D eigenvalue weighted by molar-refractivity contribution is 0.238. The number of hydrogen-bond donors (Lipinski definition) is 0. The minimum atomic E-state index is -2.11. The zero-order chi connectivity index (χ0) is 30.1. The zero-order valence-electron chi connectivity index (χ0n) is 27.5. The first-order chi connectivity index (χ1) is 16.9. The van der Waals surface area contributed by atoms with Crippen LogP contribution in [-0.4, -0.2) is 122 Å². The summed E-state index contributed by atoms with van der Waals surface area (Å²) in [6.07, 6.45) is 0. The first-order valence-corrected chi connectivity index (χ1v) is 33.3. The molecule has 0 aromatic carbocycles. The van der Waals surface area contributed by atoms with E-state index in [0.29, 0.717) is 0 Å². The van der Waals surface area contributed by atoms with Crippen LogP contribution in [0.5, 0.6) is 0 Å². The summed E-state index contributed by atoms with van der Waals surface area (Å²) in [4.78, 5) is 4.46. The topological polar surface area (TPSA) is 80.3 Å². The van der Waals surface area contributed by atoms with Crippen molar-refractivity contribution in [2.75, 3.05) is 41.3 Å². The molecule has 10 nitrogen and oxygen atoms in total. The molecule has 0 unspecified atom stereocenters. The van der Waals surface area contributed by atoms with Crippen molar-refractivity contribution in [3.8, 4) is 0 Å². The van der Waals surface area contributed by atoms with Gasteiger partial charge in [0.25, 0.3) is 37.1 Å². The summed E-state index contributed by atoms with van der Waals surface area (Å²) in [5.41, 5.74) is 0. The number of rotatable bonds is 4. The highest BCUT2D eigenvalue weighted by molar-refractivity contribution is 6.92. The van der Waals surface area contributed by atoms with Crippen molar-refractivity contribution in [1.82, 2.24) is 9.80 Å². The van der Waals surface area contributed by atoms with Gasteiger partial charge < -0.3 is 42.7 Å². The highest BCUT2D eigenvalue weighted by atomic mass is 28.5. The van der Waals surface area contributed by atoms with Gasteiger partial charge in [-0.15, -0.1) is 0 Å². The van der Waals surface area contributed by atoms with Crippen LogP contribution in [0.2, 0.25) is 78.6 Å². The van der Waals surface area contributed by atoms with Gasteiger partial charge in [0, 0.05) is 13.1 Å². The van der Waals surface area contributed by atoms with Crippen LogP contribution in [-0.2, 0) is 32.9 Å². The van der Waals surface area contributed by atoms with Gasteiger partial charge in [-0.05, 0) is 113 Å². The molecule has 2 rings (SSSR count). The molecule has 38 heavy (non-hydrogen) atoms. The molecule has 2 aliphatic rings. The largest absolute Gasteiger partial charge is 0.420 e. The molecule has 0 N–H and O–H groups in total. The first-order valence-electron chi connectivity index (χ1n) is 13.6. The number of hydrogen-bond acceptors (Lipinski definition) is 10. The van der Waals surface area contributed by atoms with E-state index in [-0.39, 0.29) is 0 Å². The molecule has 2 heterocycles. The molecule has 0 amide bonds. The molecule has 0 radical (unpaired) electrons. The second kappa shape index (κ2) is 16.8. The molecule has 0 atom stereocenters. The van der Waals surface area contributed by atoms with Crippen LogP contribution in [0.4, 0.5) is 0 Å². The minimum absolute atomic E-state index is 0.769. The van der Waals surface area contributed by atoms with Gasteiger partial charge in [-0.3, -0.25) is 0 Å². The summed E-state index contributed by atoms with van der Waals surface area (Å²) in [5, 5.41) is 0. The molecule has 230 valence electrons. The van der Waals surface area contributed by atoms with Gasteiger partial charge in [-0.2, -0.15) is 0 Å². The van der Waals surface area contributed by atoms with Gasteiger partial charge >= 0.3 is 34.2 Å². The number of nitrogens with zero attached hydrogens (tertiary/aromatic N) is 2. The Morgan fingerprint density at radius 3 is 0.816 bits per heavy atom. The van der Waals surface area contributed by atoms with E-state index in [0.717, 1.165) is 5.92 Å². The predicted octanol–water partition coefficient (Wildman–Crippen LogP) is 3.09. The molecule has 0 spiro atoms. The predicted molar refractivity (Wildman–Crippen MR) is 177 cm³/mol. The summed E-state index contributed by atoms with van der Waals surface area (Å²) in [7, 11) is -5.64. The average molecular weight is 681 g/mol. The lowest BCUT2D eigenvalue weighted by Gasteiger charge is -2.46. The van der Waals surface area contributed by atoms with Crippen LogP contribution in [0, 0.1) is 5.92 Å². The van der Waals surface area contributed by atoms with Crippen molar-refractivity contribution in [3.63, 3.8) is 0 Å². The lowest BCUT2D eigenvalue weighted by atomic mass is 10.1. The fourth-order valence-electron chi connectivity index (χ4n) is 4.96. The maximum Gasteiger partial charge on any atom is 0.314 e. The Kier molecular flexibility index (Phi) is 17.4. The molecule has 0 aromatic rings. The molecule has 0 aromatic heterocycles. The van der Waals surface area contributed by atoms with E-state index in [1.54, 1.807) is 0 Å². The molecule has 2 fully saturated rings. The van der Waals surface area contributed by atoms with Crippen molar-refractivity contribution in [2.24, 2.45) is 5.92 Å². The maximum atomic E-state index is 6.16. The fraction of sp³-hybridized carbons (Fsp3) is 1.00. The van der Waals surface area contributed by atoms with Crippen LogP contribution in [0.1, 0.15) is 6.92 Å². The Balaban J connectivity index is 0.000000559. The summed E-state index contributed by atoms with van der Waals surface area (Å²) >= 11 is 0. The van der Waals surface area contributed by atoms with Crippen LogP contribution in [0.25, 0.3) is 0 Å². The molecule has 2 saturated heterocycles. The molecule has 0 saturated carbocycles. The van der Waals surface area contributed by atoms with E-state index in [2.05, 4.69) is 97.3 Å². The van der Waals surface area contributed by atoms with E-state index >= 15 is 0 Å². The third kappa shape index (κ3) is 20.3. The van der Waals surface area contributed by atoms with Gasteiger partial charge in [-0.1, -0.05) is 6.92 Å². The monoisotopic (exact) mass is 680 g/mol. The third-order valence-corrected chi connectivity index (χ3v) is 32.8. The summed E-state index contributed by atoms with van der Waals surface area (Å²) in [6.45, 7) is 29.4. The van der Waals surface area contributed by atoms with E-state index < -0.39 is 71.4 Å². The summed E-state index contributed by atoms with van der Waals surface area (Å²) in [5.74, 6) is 0.769. The average Bonchev–Trinajstić information content (AvgIpc) is 2.53. The van der Waals surface area contributed by atoms with Gasteiger partial charge in [-0.25, -0.2) is 0 Å². The van der Waals surface area contributed by atoms with Crippen molar-refractivity contribution in [2.45, 2.75) is 85.5 Å². The second-order valence-electron chi connectivity index (χ2n) is 12.5. The van der Waals surface area contributed by atoms with Gasteiger partial charge in [0.15, 0.2) is 0 Å². The Morgan fingerprint density at radius 2 is 0.658 bits per heavy atom. The van der Waals surface area contributed by atoms with Crippen molar-refractivity contribution in [1.29, 1.82) is 0 Å². The normalized spacial score (nSPS) is 30.6. The smallest absolute Gasteiger partial charge is 0.314 e. The fourth-order valence-corrected chi connectivity index (χ4v) is 38.0. The SMILES string of the molecule is CC(CN(C)C)CN(C)C.C[SiH]1O[SiH](C)O[SiH](C)O[SiH](C)O1.C[Si]1(C)O[Si](C)(C)O[Si](C)(C)O[Si](C)(C)O1. The van der Waals surface area contributed by atoms with Gasteiger partial charge in [0.2, 0.25) is 0 Å². The van der Waals surface area contributed by atoms with E-state index in [9.17, 15) is 0 Å². The Morgan fingerprint density at radius 1 is 0.474 bits per heavy atom. The first kappa shape index (κ1) is 39.3. The quantitative estimate of drug-likeness (QED) is 0.414. The Bertz CT molecular complexity index is 557. The van der Waals surface area contributed by atoms with Crippen LogP contribution in [0.15, 0.2) is 0 Å². The van der Waals surface area contributed by atoms with Crippen molar-refractivity contribution in [3.05, 3.63) is 0 Å². The molecule has 0 aliphatic carbocycles. The molecule has 2 aliphatic heterocycles. The van der Waals surface area contributed by atoms with Crippen LogP contribution >= 0.6 is 0 Å². The second-order valence-corrected chi connectivity index (χ2v) is 35.8. The van der Waals surface area contributed by atoms with E-state index in [1.807, 2.05) is 26.2 Å². The standard InChI is InChI=1S/C8H20N2.C8H24O4Si4.C4H16O4Si4/c1-8(6-9(2)3)7-10(4)5;1-13(2)9-14(3,4)11-16(7,8)12-15(5,6)10-13;1-9-5-10(2)7-12(4)8-11(3)6-9/h8H,6-7H2,1-5H3;1-8H3;9-12H,1-4H3. The van der Waals surface area contributed by atoms with Crippen molar-refractivity contribution < 1.29 is 32.9 Å². The van der Waals surface area contributed by atoms with Crippen LogP contribution < -0.4 is 0 Å². The zero-order valence-corrected chi connectivity index (χ0v) is 36.1. The Labute approximate surface area is 246 Å². The van der Waals surface area contributed by atoms with Gasteiger partial charge in [0.05, 0.1) is 0 Å². The highest BCUT2D eigenvalue weighted by Gasteiger charge is 2.50. The third-order valence-electron chi connectivity index (χ3n) is 4.85. The van der Waals surface area contributed by atoms with Crippen molar-refractivity contribution >= 4 is 71.4 Å². The molecule has 0 bridgehead atoms. The molecular weight excluding hydrogens is 621 g/mol. The van der Waals surface area contributed by atoms with Crippen LogP contribution in [0.3, 0.4) is 0 Å². The van der Waals surface area contributed by atoms with E-state index in [1.165, 1.54) is 13.1 Å². The molecule has 18 heteroatoms. The maximum absolute atomic E-state index is 6.16.